The number of aromatic amines is 1. The molecule has 24 heavy (non-hydrogen) atoms. The molecule has 3 aromatic rings. The summed E-state index contributed by atoms with van der Waals surface area (Å²) >= 11 is 0. The van der Waals surface area contributed by atoms with Crippen LogP contribution in [-0.2, 0) is 9.47 Å². The Hall–Kier alpha value is -2.37. The SMILES string of the molecule is Cc1nc2c3c(ccc2[nH]1)[C@H]1OCCO[C@@H]1[C@@H](c1ccccc1)O3. The van der Waals surface area contributed by atoms with Crippen LogP contribution in [0.3, 0.4) is 0 Å². The van der Waals surface area contributed by atoms with E-state index in [0.717, 1.165) is 33.7 Å². The Labute approximate surface area is 139 Å². The maximum absolute atomic E-state index is 6.43. The molecule has 2 aliphatic heterocycles. The van der Waals surface area contributed by atoms with Crippen LogP contribution in [0.2, 0.25) is 0 Å². The van der Waals surface area contributed by atoms with Gasteiger partial charge in [-0.1, -0.05) is 36.4 Å². The normalized spacial score (nSPS) is 25.8. The molecule has 1 N–H and O–H groups in total. The first-order chi connectivity index (χ1) is 11.8. The first-order valence-electron chi connectivity index (χ1n) is 8.25. The lowest BCUT2D eigenvalue weighted by Crippen LogP contribution is -2.42. The van der Waals surface area contributed by atoms with E-state index >= 15 is 0 Å². The van der Waals surface area contributed by atoms with E-state index in [-0.39, 0.29) is 18.3 Å². The quantitative estimate of drug-likeness (QED) is 0.745. The number of benzene rings is 2. The zero-order valence-corrected chi connectivity index (χ0v) is 13.4. The van der Waals surface area contributed by atoms with Gasteiger partial charge in [-0.05, 0) is 18.6 Å². The van der Waals surface area contributed by atoms with Gasteiger partial charge in [-0.2, -0.15) is 0 Å². The molecule has 0 aliphatic carbocycles. The Bertz CT molecular complexity index is 890. The average Bonchev–Trinajstić information content (AvgIpc) is 3.02. The summed E-state index contributed by atoms with van der Waals surface area (Å²) in [5.74, 6) is 1.68. The van der Waals surface area contributed by atoms with Crippen LogP contribution in [0.1, 0.15) is 29.2 Å². The van der Waals surface area contributed by atoms with Gasteiger partial charge in [-0.15, -0.1) is 0 Å². The van der Waals surface area contributed by atoms with Gasteiger partial charge in [-0.3, -0.25) is 0 Å². The van der Waals surface area contributed by atoms with Gasteiger partial charge in [0.05, 0.1) is 18.7 Å². The number of aromatic nitrogens is 2. The van der Waals surface area contributed by atoms with Crippen LogP contribution in [0.4, 0.5) is 0 Å². The van der Waals surface area contributed by atoms with E-state index in [4.69, 9.17) is 14.2 Å². The van der Waals surface area contributed by atoms with Crippen LogP contribution >= 0.6 is 0 Å². The first-order valence-corrected chi connectivity index (χ1v) is 8.25. The third-order valence-electron chi connectivity index (χ3n) is 4.72. The molecule has 3 heterocycles. The van der Waals surface area contributed by atoms with Crippen LogP contribution in [0.25, 0.3) is 11.0 Å². The fourth-order valence-electron chi connectivity index (χ4n) is 3.69. The number of ether oxygens (including phenoxy) is 3. The molecule has 1 saturated heterocycles. The molecule has 1 aromatic heterocycles. The number of rotatable bonds is 1. The number of nitrogens with one attached hydrogen (secondary N) is 1. The smallest absolute Gasteiger partial charge is 0.154 e. The first kappa shape index (κ1) is 14.0. The lowest BCUT2D eigenvalue weighted by atomic mass is 9.91. The lowest BCUT2D eigenvalue weighted by Gasteiger charge is -2.41. The van der Waals surface area contributed by atoms with E-state index in [2.05, 4.69) is 28.2 Å². The monoisotopic (exact) mass is 322 g/mol. The number of hydrogen-bond donors (Lipinski definition) is 1. The highest BCUT2D eigenvalue weighted by Gasteiger charge is 2.43. The average molecular weight is 322 g/mol. The zero-order chi connectivity index (χ0) is 16.1. The molecule has 0 amide bonds. The van der Waals surface area contributed by atoms with Crippen molar-refractivity contribution in [3.63, 3.8) is 0 Å². The predicted molar refractivity (Wildman–Crippen MR) is 89.1 cm³/mol. The summed E-state index contributed by atoms with van der Waals surface area (Å²) in [7, 11) is 0. The van der Waals surface area contributed by atoms with Crippen LogP contribution in [-0.4, -0.2) is 29.3 Å². The molecule has 1 fully saturated rings. The Morgan fingerprint density at radius 1 is 1.00 bits per heavy atom. The molecule has 5 rings (SSSR count). The molecule has 0 bridgehead atoms. The van der Waals surface area contributed by atoms with E-state index < -0.39 is 0 Å². The topological polar surface area (TPSA) is 56.4 Å². The molecule has 2 aliphatic rings. The number of fused-ring (bicyclic) bond motifs is 5. The van der Waals surface area contributed by atoms with E-state index in [1.807, 2.05) is 31.2 Å². The maximum atomic E-state index is 6.43. The van der Waals surface area contributed by atoms with Gasteiger partial charge in [0.1, 0.15) is 23.5 Å². The Balaban J connectivity index is 1.69. The third-order valence-corrected chi connectivity index (χ3v) is 4.72. The van der Waals surface area contributed by atoms with Crippen molar-refractivity contribution in [1.29, 1.82) is 0 Å². The standard InChI is InChI=1S/C19H18N2O3/c1-11-20-14-8-7-13-17(15(14)21-11)24-16(12-5-3-2-4-6-12)19-18(13)22-9-10-23-19/h2-8,16,18-19H,9-10H2,1H3,(H,20,21)/t16-,18-,19-/m1/s1. The second-order valence-corrected chi connectivity index (χ2v) is 6.28. The number of nitrogens with zero attached hydrogens (tertiary/aromatic N) is 1. The van der Waals surface area contributed by atoms with Crippen molar-refractivity contribution in [1.82, 2.24) is 9.97 Å². The molecule has 5 nitrogen and oxygen atoms in total. The Kier molecular flexibility index (Phi) is 3.11. The van der Waals surface area contributed by atoms with Gasteiger partial charge in [0.2, 0.25) is 0 Å². The molecule has 2 aromatic carbocycles. The Morgan fingerprint density at radius 3 is 2.71 bits per heavy atom. The highest BCUT2D eigenvalue weighted by atomic mass is 16.6. The van der Waals surface area contributed by atoms with Crippen molar-refractivity contribution in [3.05, 3.63) is 59.4 Å². The summed E-state index contributed by atoms with van der Waals surface area (Å²) in [4.78, 5) is 7.89. The van der Waals surface area contributed by atoms with Crippen LogP contribution in [0.15, 0.2) is 42.5 Å². The molecule has 3 atom stereocenters. The Morgan fingerprint density at radius 2 is 1.83 bits per heavy atom. The minimum absolute atomic E-state index is 0.130. The highest BCUT2D eigenvalue weighted by molar-refractivity contribution is 5.84. The molecular formula is C19H18N2O3. The largest absolute Gasteiger partial charge is 0.480 e. The van der Waals surface area contributed by atoms with Gasteiger partial charge in [0.25, 0.3) is 0 Å². The number of hydrogen-bond acceptors (Lipinski definition) is 4. The second kappa shape index (κ2) is 5.33. The van der Waals surface area contributed by atoms with Crippen molar-refractivity contribution in [2.45, 2.75) is 25.2 Å². The van der Waals surface area contributed by atoms with E-state index in [1.54, 1.807) is 0 Å². The fourth-order valence-corrected chi connectivity index (χ4v) is 3.69. The van der Waals surface area contributed by atoms with E-state index in [1.165, 1.54) is 0 Å². The molecule has 0 saturated carbocycles. The lowest BCUT2D eigenvalue weighted by molar-refractivity contribution is -0.184. The van der Waals surface area contributed by atoms with E-state index in [0.29, 0.717) is 13.2 Å². The minimum atomic E-state index is -0.202. The summed E-state index contributed by atoms with van der Waals surface area (Å²) < 4.78 is 18.5. The number of aryl methyl sites for hydroxylation is 1. The predicted octanol–water partition coefficient (Wildman–Crippen LogP) is 3.46. The van der Waals surface area contributed by atoms with Gasteiger partial charge in [0.15, 0.2) is 11.9 Å². The van der Waals surface area contributed by atoms with Crippen molar-refractivity contribution >= 4 is 11.0 Å². The van der Waals surface area contributed by atoms with Gasteiger partial charge < -0.3 is 19.2 Å². The molecule has 5 heteroatoms. The molecule has 0 unspecified atom stereocenters. The van der Waals surface area contributed by atoms with Crippen LogP contribution in [0.5, 0.6) is 5.75 Å². The van der Waals surface area contributed by atoms with Gasteiger partial charge >= 0.3 is 0 Å². The molecular weight excluding hydrogens is 304 g/mol. The summed E-state index contributed by atoms with van der Waals surface area (Å²) in [5, 5.41) is 0. The van der Waals surface area contributed by atoms with Gasteiger partial charge in [-0.25, -0.2) is 4.98 Å². The van der Waals surface area contributed by atoms with Crippen molar-refractivity contribution in [2.24, 2.45) is 0 Å². The van der Waals surface area contributed by atoms with Crippen LogP contribution < -0.4 is 4.74 Å². The summed E-state index contributed by atoms with van der Waals surface area (Å²) in [6.07, 6.45) is -0.480. The fraction of sp³-hybridized carbons (Fsp3) is 0.316. The maximum Gasteiger partial charge on any atom is 0.154 e. The van der Waals surface area contributed by atoms with E-state index in [9.17, 15) is 0 Å². The molecule has 122 valence electrons. The number of imidazole rings is 1. The molecule has 0 spiro atoms. The van der Waals surface area contributed by atoms with Crippen molar-refractivity contribution in [3.8, 4) is 5.75 Å². The zero-order valence-electron chi connectivity index (χ0n) is 13.4. The second-order valence-electron chi connectivity index (χ2n) is 6.28. The van der Waals surface area contributed by atoms with Crippen LogP contribution in [0, 0.1) is 6.92 Å². The number of H-pyrrole nitrogens is 1. The third kappa shape index (κ3) is 2.05. The highest BCUT2D eigenvalue weighted by Crippen LogP contribution is 2.47. The molecule has 0 radical (unpaired) electrons. The van der Waals surface area contributed by atoms with Crippen molar-refractivity contribution in [2.75, 3.05) is 13.2 Å². The summed E-state index contributed by atoms with van der Waals surface area (Å²) in [6, 6.07) is 14.3. The van der Waals surface area contributed by atoms with Crippen molar-refractivity contribution < 1.29 is 14.2 Å². The summed E-state index contributed by atoms with van der Waals surface area (Å²) in [6.45, 7) is 3.14. The van der Waals surface area contributed by atoms with Gasteiger partial charge in [0, 0.05) is 5.56 Å². The minimum Gasteiger partial charge on any atom is -0.480 e. The summed E-state index contributed by atoms with van der Waals surface area (Å²) in [5.41, 5.74) is 3.95.